The number of carbonyl (C=O) groups is 1. The summed E-state index contributed by atoms with van der Waals surface area (Å²) in [6.07, 6.45) is 4.43. The average Bonchev–Trinajstić information content (AvgIpc) is 3.32. The third-order valence-corrected chi connectivity index (χ3v) is 7.51. The van der Waals surface area contributed by atoms with Crippen LogP contribution in [0.2, 0.25) is 10.0 Å². The molecule has 1 amide bonds. The molecule has 4 rings (SSSR count). The minimum Gasteiger partial charge on any atom is -0.369 e. The van der Waals surface area contributed by atoms with Crippen LogP contribution in [0.4, 0.5) is 25.2 Å². The zero-order valence-electron chi connectivity index (χ0n) is 18.4. The van der Waals surface area contributed by atoms with Crippen molar-refractivity contribution in [2.24, 2.45) is 12.8 Å². The molecule has 16 heteroatoms. The van der Waals surface area contributed by atoms with Crippen LogP contribution >= 0.6 is 33.4 Å². The summed E-state index contributed by atoms with van der Waals surface area (Å²) in [5.74, 6) is -0.682. The molecule has 2 heterocycles. The highest BCUT2D eigenvalue weighted by molar-refractivity contribution is 8.45. The second-order valence-corrected chi connectivity index (χ2v) is 11.7. The Kier molecular flexibility index (Phi) is 5.60. The van der Waals surface area contributed by atoms with Gasteiger partial charge in [-0.05, 0) is 37.0 Å². The fraction of sp³-hybridized carbons (Fsp3) is 0.300. The summed E-state index contributed by atoms with van der Waals surface area (Å²) in [5.41, 5.74) is 4.72. The van der Waals surface area contributed by atoms with E-state index in [0.29, 0.717) is 19.3 Å². The zero-order valence-corrected chi connectivity index (χ0v) is 20.7. The number of nitriles is 1. The Labute approximate surface area is 211 Å². The van der Waals surface area contributed by atoms with Gasteiger partial charge in [-0.1, -0.05) is 42.6 Å². The molecule has 194 valence electrons. The van der Waals surface area contributed by atoms with Crippen LogP contribution < -0.4 is 11.1 Å². The van der Waals surface area contributed by atoms with Crippen LogP contribution in [0, 0.1) is 11.3 Å². The van der Waals surface area contributed by atoms with Gasteiger partial charge in [-0.3, -0.25) is 9.48 Å². The van der Waals surface area contributed by atoms with E-state index in [1.807, 2.05) is 6.07 Å². The molecular weight excluding hydrogens is 552 g/mol. The Morgan fingerprint density at radius 1 is 1.25 bits per heavy atom. The molecule has 1 saturated carbocycles. The van der Waals surface area contributed by atoms with E-state index in [2.05, 4.69) is 15.5 Å². The van der Waals surface area contributed by atoms with Crippen molar-refractivity contribution in [3.63, 3.8) is 0 Å². The van der Waals surface area contributed by atoms with Crippen LogP contribution in [-0.4, -0.2) is 32.0 Å². The molecule has 1 aliphatic carbocycles. The molecule has 1 fully saturated rings. The van der Waals surface area contributed by atoms with Gasteiger partial charge in [-0.25, -0.2) is 4.68 Å². The second kappa shape index (κ2) is 7.74. The van der Waals surface area contributed by atoms with Gasteiger partial charge in [0.2, 0.25) is 5.91 Å². The quantitative estimate of drug-likeness (QED) is 0.342. The Bertz CT molecular complexity index is 1420. The second-order valence-electron chi connectivity index (χ2n) is 8.45. The number of hydrogen-bond acceptors (Lipinski definition) is 5. The Morgan fingerprint density at radius 2 is 1.86 bits per heavy atom. The van der Waals surface area contributed by atoms with Crippen molar-refractivity contribution in [1.29, 1.82) is 5.26 Å². The van der Waals surface area contributed by atoms with E-state index in [1.165, 1.54) is 0 Å². The fourth-order valence-electron chi connectivity index (χ4n) is 3.91. The topological polar surface area (TPSA) is 115 Å². The number of nitrogens with two attached hydrogens (primary N) is 1. The molecule has 0 unspecified atom stereocenters. The summed E-state index contributed by atoms with van der Waals surface area (Å²) in [5, 5.41) is 19.3. The smallest absolute Gasteiger partial charge is 0.310 e. The number of halogens is 7. The number of hydrogen-bond donors (Lipinski definition) is 2. The Morgan fingerprint density at radius 3 is 2.31 bits per heavy atom. The van der Waals surface area contributed by atoms with Gasteiger partial charge in [0.1, 0.15) is 22.5 Å². The largest absolute Gasteiger partial charge is 0.369 e. The van der Waals surface area contributed by atoms with E-state index in [9.17, 15) is 29.5 Å². The SMILES string of the molecule is Cn1cc(CCNc2c(C3(C(N)=O)CC3)c(C#N)nn2-c2c(Cl)cc(S(F)(F)(F)(F)F)cc2Cl)cn1. The van der Waals surface area contributed by atoms with Crippen molar-refractivity contribution in [1.82, 2.24) is 19.6 Å². The van der Waals surface area contributed by atoms with Gasteiger partial charge in [0.25, 0.3) is 0 Å². The lowest BCUT2D eigenvalue weighted by Gasteiger charge is -2.40. The number of primary amides is 1. The molecule has 3 N–H and O–H groups in total. The molecule has 1 aromatic carbocycles. The van der Waals surface area contributed by atoms with Gasteiger partial charge >= 0.3 is 10.2 Å². The molecule has 0 atom stereocenters. The van der Waals surface area contributed by atoms with Gasteiger partial charge in [0.05, 0.1) is 21.7 Å². The third-order valence-electron chi connectivity index (χ3n) is 5.80. The first-order chi connectivity index (χ1) is 16.5. The van der Waals surface area contributed by atoms with E-state index >= 15 is 0 Å². The van der Waals surface area contributed by atoms with Crippen molar-refractivity contribution in [2.75, 3.05) is 11.9 Å². The molecule has 0 radical (unpaired) electrons. The van der Waals surface area contributed by atoms with E-state index < -0.39 is 36.5 Å². The molecular formula is C20H18Cl2F5N7OS. The lowest BCUT2D eigenvalue weighted by Crippen LogP contribution is -2.30. The van der Waals surface area contributed by atoms with E-state index in [0.717, 1.165) is 10.2 Å². The number of nitrogens with zero attached hydrogens (tertiary/aromatic N) is 5. The average molecular weight is 570 g/mol. The summed E-state index contributed by atoms with van der Waals surface area (Å²) in [6, 6.07) is 1.96. The van der Waals surface area contributed by atoms with Crippen molar-refractivity contribution >= 4 is 45.2 Å². The number of rotatable bonds is 8. The maximum Gasteiger partial charge on any atom is 0.310 e. The highest BCUT2D eigenvalue weighted by Crippen LogP contribution is 3.02. The summed E-state index contributed by atoms with van der Waals surface area (Å²) >= 11 is 12.1. The van der Waals surface area contributed by atoms with Gasteiger partial charge < -0.3 is 11.1 Å². The molecule has 36 heavy (non-hydrogen) atoms. The summed E-state index contributed by atoms with van der Waals surface area (Å²) in [4.78, 5) is 10.0. The van der Waals surface area contributed by atoms with Crippen LogP contribution in [0.3, 0.4) is 0 Å². The highest BCUT2D eigenvalue weighted by atomic mass is 35.5. The van der Waals surface area contributed by atoms with E-state index in [4.69, 9.17) is 28.9 Å². The van der Waals surface area contributed by atoms with E-state index in [-0.39, 0.29) is 41.4 Å². The molecule has 0 spiro atoms. The van der Waals surface area contributed by atoms with E-state index in [1.54, 1.807) is 24.1 Å². The van der Waals surface area contributed by atoms with Crippen LogP contribution in [0.5, 0.6) is 0 Å². The maximum atomic E-state index is 13.4. The number of benzene rings is 1. The predicted octanol–water partition coefficient (Wildman–Crippen LogP) is 5.61. The molecule has 0 bridgehead atoms. The molecule has 0 saturated heterocycles. The van der Waals surface area contributed by atoms with Gasteiger partial charge in [-0.2, -0.15) is 15.5 Å². The lowest BCUT2D eigenvalue weighted by molar-refractivity contribution is -0.120. The Hall–Kier alpha value is -3.02. The molecule has 3 aromatic rings. The minimum atomic E-state index is -10.1. The van der Waals surface area contributed by atoms with Crippen LogP contribution in [0.25, 0.3) is 5.69 Å². The Balaban J connectivity index is 1.87. The van der Waals surface area contributed by atoms with Crippen molar-refractivity contribution in [3.05, 3.63) is 51.4 Å². The summed E-state index contributed by atoms with van der Waals surface area (Å²) in [6.45, 7) is 0.211. The summed E-state index contributed by atoms with van der Waals surface area (Å²) < 4.78 is 69.4. The number of aryl methyl sites for hydroxylation is 1. The zero-order chi connectivity index (χ0) is 26.7. The first-order valence-corrected chi connectivity index (χ1v) is 13.0. The van der Waals surface area contributed by atoms with Gasteiger partial charge in [0, 0.05) is 25.4 Å². The maximum absolute atomic E-state index is 13.4. The molecule has 2 aromatic heterocycles. The van der Waals surface area contributed by atoms with Crippen molar-refractivity contribution < 1.29 is 24.2 Å². The number of carbonyl (C=O) groups excluding carboxylic acids is 1. The predicted molar refractivity (Wildman–Crippen MR) is 125 cm³/mol. The molecule has 8 nitrogen and oxygen atoms in total. The lowest BCUT2D eigenvalue weighted by atomic mass is 9.94. The third kappa shape index (κ3) is 4.70. The van der Waals surface area contributed by atoms with Crippen LogP contribution in [0.15, 0.2) is 29.4 Å². The monoisotopic (exact) mass is 569 g/mol. The van der Waals surface area contributed by atoms with Crippen LogP contribution in [0.1, 0.15) is 29.7 Å². The minimum absolute atomic E-state index is 0.0376. The molecule has 1 aliphatic rings. The molecule has 0 aliphatic heterocycles. The van der Waals surface area contributed by atoms with Crippen molar-refractivity contribution in [2.45, 2.75) is 29.6 Å². The number of aromatic nitrogens is 4. The van der Waals surface area contributed by atoms with Crippen molar-refractivity contribution in [3.8, 4) is 11.8 Å². The first kappa shape index (κ1) is 26.1. The summed E-state index contributed by atoms with van der Waals surface area (Å²) in [7, 11) is -8.37. The normalized spacial score (nSPS) is 16.6. The van der Waals surface area contributed by atoms with Crippen LogP contribution in [-0.2, 0) is 23.7 Å². The standard InChI is InChI=1S/C20H18Cl2F5N7OS/c1-33-10-11(9-31-33)2-5-30-18-16(20(3-4-20)19(29)35)15(8-28)32-34(18)17-13(21)6-12(7-14(17)22)36(23,24,25,26)27/h6-7,9-10,30H,2-5H2,1H3,(H2,29,35). The highest BCUT2D eigenvalue weighted by Gasteiger charge is 2.65. The van der Waals surface area contributed by atoms with Gasteiger partial charge in [-0.15, -0.1) is 0 Å². The number of nitrogens with one attached hydrogen (secondary N) is 1. The first-order valence-electron chi connectivity index (χ1n) is 10.3. The fourth-order valence-corrected chi connectivity index (χ4v) is 5.37. The van der Waals surface area contributed by atoms with Gasteiger partial charge in [0.15, 0.2) is 5.69 Å². The number of anilines is 1. The number of amides is 1.